The number of urea groups is 1. The predicted molar refractivity (Wildman–Crippen MR) is 171 cm³/mol. The van der Waals surface area contributed by atoms with E-state index in [1.807, 2.05) is 61.5 Å². The number of piperidine rings is 1. The van der Waals surface area contributed by atoms with Crippen LogP contribution in [-0.4, -0.2) is 39.8 Å². The summed E-state index contributed by atoms with van der Waals surface area (Å²) >= 11 is 0. The molecule has 0 bridgehead atoms. The Morgan fingerprint density at radius 1 is 0.977 bits per heavy atom. The second-order valence-corrected chi connectivity index (χ2v) is 12.4. The van der Waals surface area contributed by atoms with Gasteiger partial charge in [-0.25, -0.2) is 9.48 Å². The van der Waals surface area contributed by atoms with Crippen LogP contribution in [0.3, 0.4) is 0 Å². The number of aliphatic hydroxyl groups is 1. The Morgan fingerprint density at radius 2 is 1.65 bits per heavy atom. The molecule has 1 atom stereocenters. The summed E-state index contributed by atoms with van der Waals surface area (Å²) < 4.78 is 1.75. The van der Waals surface area contributed by atoms with Crippen molar-refractivity contribution in [3.8, 4) is 5.69 Å². The van der Waals surface area contributed by atoms with Gasteiger partial charge in [-0.1, -0.05) is 80.9 Å². The molecule has 0 radical (unpaired) electrons. The number of Topliss-reactive ketones (excluding diaryl/α,β-unsaturated/α-hetero) is 1. The molecule has 0 aliphatic carbocycles. The second-order valence-electron chi connectivity index (χ2n) is 12.4. The molecule has 1 unspecified atom stereocenters. The van der Waals surface area contributed by atoms with E-state index in [2.05, 4.69) is 36.7 Å². The molecule has 2 heterocycles. The predicted octanol–water partition coefficient (Wildman–Crippen LogP) is 6.58. The number of aliphatic hydroxyl groups excluding tert-OH is 1. The van der Waals surface area contributed by atoms with Crippen LogP contribution in [-0.2, 0) is 12.0 Å². The molecule has 5 rings (SSSR count). The van der Waals surface area contributed by atoms with E-state index in [1.165, 1.54) is 0 Å². The number of hydrogen-bond donors (Lipinski definition) is 4. The largest absolute Gasteiger partial charge is 0.392 e. The van der Waals surface area contributed by atoms with Crippen molar-refractivity contribution < 1.29 is 14.7 Å². The molecular formula is C35H41N5O3. The molecule has 0 spiro atoms. The minimum atomic E-state index is -0.427. The van der Waals surface area contributed by atoms with Gasteiger partial charge in [-0.2, -0.15) is 5.10 Å². The quantitative estimate of drug-likeness (QED) is 0.176. The first kappa shape index (κ1) is 30.2. The van der Waals surface area contributed by atoms with E-state index in [0.717, 1.165) is 54.0 Å². The number of ketones is 1. The zero-order valence-corrected chi connectivity index (χ0v) is 25.4. The number of carbonyl (C=O) groups is 2. The Hall–Kier alpha value is -4.27. The number of para-hydroxylation sites is 1. The number of carbonyl (C=O) groups excluding carboxylic acids is 2. The molecule has 1 aliphatic rings. The molecule has 8 heteroatoms. The third-order valence-corrected chi connectivity index (χ3v) is 8.10. The van der Waals surface area contributed by atoms with E-state index >= 15 is 0 Å². The lowest BCUT2D eigenvalue weighted by Gasteiger charge is -2.31. The average molecular weight is 580 g/mol. The average Bonchev–Trinajstić information content (AvgIpc) is 3.43. The molecule has 3 aromatic carbocycles. The standard InChI is InChI=1S/C35H41N5O3/c1-23-9-15-27(16-10-23)40-31(21-30(39-40)35(2,3)4)38-34(43)37-29-8-6-5-7-28(29)32(25-17-19-36-20-18-25)33(42)26-13-11-24(22-41)12-14-26/h5-16,21,25,32,36,41H,17-20,22H2,1-4H3,(H2,37,38,43). The molecule has 0 saturated carbocycles. The van der Waals surface area contributed by atoms with Crippen molar-refractivity contribution in [2.45, 2.75) is 58.5 Å². The van der Waals surface area contributed by atoms with Crippen molar-refractivity contribution in [1.29, 1.82) is 0 Å². The Kier molecular flexibility index (Phi) is 9.08. The molecular weight excluding hydrogens is 538 g/mol. The van der Waals surface area contributed by atoms with Gasteiger partial charge in [0.1, 0.15) is 5.82 Å². The number of nitrogens with zero attached hydrogens (tertiary/aromatic N) is 2. The molecule has 43 heavy (non-hydrogen) atoms. The normalized spacial score (nSPS) is 14.7. The number of hydrogen-bond acceptors (Lipinski definition) is 5. The third kappa shape index (κ3) is 7.04. The summed E-state index contributed by atoms with van der Waals surface area (Å²) in [4.78, 5) is 27.6. The molecule has 4 aromatic rings. The Labute approximate surface area is 253 Å². The van der Waals surface area contributed by atoms with Crippen LogP contribution in [0.2, 0.25) is 0 Å². The summed E-state index contributed by atoms with van der Waals surface area (Å²) in [6.07, 6.45) is 1.72. The first-order valence-corrected chi connectivity index (χ1v) is 14.9. The molecule has 1 saturated heterocycles. The van der Waals surface area contributed by atoms with E-state index < -0.39 is 11.9 Å². The number of aromatic nitrogens is 2. The molecule has 1 fully saturated rings. The van der Waals surface area contributed by atoms with Crippen LogP contribution in [0, 0.1) is 12.8 Å². The Balaban J connectivity index is 1.45. The zero-order chi connectivity index (χ0) is 30.6. The van der Waals surface area contributed by atoms with E-state index in [-0.39, 0.29) is 23.7 Å². The van der Waals surface area contributed by atoms with Crippen molar-refractivity contribution >= 4 is 23.3 Å². The highest BCUT2D eigenvalue weighted by Gasteiger charge is 2.33. The molecule has 224 valence electrons. The SMILES string of the molecule is Cc1ccc(-n2nc(C(C)(C)C)cc2NC(=O)Nc2ccccc2C(C(=O)c2ccc(CO)cc2)C2CCNCC2)cc1. The molecule has 8 nitrogen and oxygen atoms in total. The van der Waals surface area contributed by atoms with Crippen LogP contribution in [0.15, 0.2) is 78.9 Å². The zero-order valence-electron chi connectivity index (χ0n) is 25.4. The van der Waals surface area contributed by atoms with E-state index in [0.29, 0.717) is 17.1 Å². The first-order valence-electron chi connectivity index (χ1n) is 14.9. The topological polar surface area (TPSA) is 108 Å². The lowest BCUT2D eigenvalue weighted by molar-refractivity contribution is 0.0916. The number of amides is 2. The third-order valence-electron chi connectivity index (χ3n) is 8.10. The summed E-state index contributed by atoms with van der Waals surface area (Å²) in [7, 11) is 0. The first-order chi connectivity index (χ1) is 20.6. The molecule has 2 amide bonds. The minimum Gasteiger partial charge on any atom is -0.392 e. The van der Waals surface area contributed by atoms with Gasteiger partial charge < -0.3 is 15.7 Å². The fourth-order valence-corrected chi connectivity index (χ4v) is 5.61. The second kappa shape index (κ2) is 12.9. The van der Waals surface area contributed by atoms with Crippen molar-refractivity contribution in [3.05, 3.63) is 107 Å². The highest BCUT2D eigenvalue weighted by atomic mass is 16.3. The van der Waals surface area contributed by atoms with Crippen molar-refractivity contribution in [2.75, 3.05) is 23.7 Å². The van der Waals surface area contributed by atoms with Gasteiger partial charge >= 0.3 is 6.03 Å². The van der Waals surface area contributed by atoms with Crippen LogP contribution >= 0.6 is 0 Å². The fourth-order valence-electron chi connectivity index (χ4n) is 5.61. The number of aryl methyl sites for hydroxylation is 1. The summed E-state index contributed by atoms with van der Waals surface area (Å²) in [5.74, 6) is 0.260. The number of rotatable bonds is 8. The van der Waals surface area contributed by atoms with Crippen molar-refractivity contribution in [1.82, 2.24) is 15.1 Å². The van der Waals surface area contributed by atoms with Gasteiger partial charge in [-0.15, -0.1) is 0 Å². The highest BCUT2D eigenvalue weighted by Crippen LogP contribution is 2.38. The van der Waals surface area contributed by atoms with E-state index in [4.69, 9.17) is 5.10 Å². The van der Waals surface area contributed by atoms with Gasteiger partial charge in [0.15, 0.2) is 5.78 Å². The molecule has 1 aromatic heterocycles. The Bertz CT molecular complexity index is 1560. The minimum absolute atomic E-state index is 0.0123. The van der Waals surface area contributed by atoms with Crippen LogP contribution in [0.25, 0.3) is 5.69 Å². The smallest absolute Gasteiger partial charge is 0.324 e. The Morgan fingerprint density at radius 3 is 2.30 bits per heavy atom. The highest BCUT2D eigenvalue weighted by molar-refractivity contribution is 6.04. The van der Waals surface area contributed by atoms with Gasteiger partial charge in [0.2, 0.25) is 0 Å². The molecule has 1 aliphatic heterocycles. The van der Waals surface area contributed by atoms with E-state index in [1.54, 1.807) is 28.9 Å². The summed E-state index contributed by atoms with van der Waals surface area (Å²) in [5, 5.41) is 23.8. The summed E-state index contributed by atoms with van der Waals surface area (Å²) in [6.45, 7) is 9.90. The summed E-state index contributed by atoms with van der Waals surface area (Å²) in [5.41, 5.74) is 5.37. The van der Waals surface area contributed by atoms with Crippen LogP contribution in [0.1, 0.15) is 72.3 Å². The lowest BCUT2D eigenvalue weighted by Crippen LogP contribution is -2.34. The van der Waals surface area contributed by atoms with Crippen LogP contribution in [0.4, 0.5) is 16.3 Å². The number of benzene rings is 3. The number of anilines is 2. The van der Waals surface area contributed by atoms with Gasteiger partial charge in [0, 0.05) is 22.7 Å². The fraction of sp³-hybridized carbons (Fsp3) is 0.343. The van der Waals surface area contributed by atoms with Crippen LogP contribution in [0.5, 0.6) is 0 Å². The summed E-state index contributed by atoms with van der Waals surface area (Å²) in [6, 6.07) is 24.2. The maximum atomic E-state index is 14.1. The van der Waals surface area contributed by atoms with Gasteiger partial charge in [0.05, 0.1) is 23.9 Å². The van der Waals surface area contributed by atoms with Gasteiger partial charge in [-0.3, -0.25) is 10.1 Å². The van der Waals surface area contributed by atoms with Gasteiger partial charge in [-0.05, 0) is 68.1 Å². The van der Waals surface area contributed by atoms with E-state index in [9.17, 15) is 14.7 Å². The maximum Gasteiger partial charge on any atom is 0.324 e. The van der Waals surface area contributed by atoms with Gasteiger partial charge in [0.25, 0.3) is 0 Å². The maximum absolute atomic E-state index is 14.1. The van der Waals surface area contributed by atoms with Crippen molar-refractivity contribution in [3.63, 3.8) is 0 Å². The van der Waals surface area contributed by atoms with Crippen LogP contribution < -0.4 is 16.0 Å². The van der Waals surface area contributed by atoms with Crippen molar-refractivity contribution in [2.24, 2.45) is 5.92 Å². The number of nitrogens with one attached hydrogen (secondary N) is 3. The lowest BCUT2D eigenvalue weighted by atomic mass is 9.75. The monoisotopic (exact) mass is 579 g/mol. The molecule has 4 N–H and O–H groups in total.